The predicted molar refractivity (Wildman–Crippen MR) is 67.4 cm³/mol. The highest BCUT2D eigenvalue weighted by Gasteiger charge is 1.93. The van der Waals surface area contributed by atoms with E-state index in [0.29, 0.717) is 0 Å². The summed E-state index contributed by atoms with van der Waals surface area (Å²) in [6.45, 7) is 7.37. The number of rotatable bonds is 8. The Morgan fingerprint density at radius 3 is 3.00 bits per heavy atom. The summed E-state index contributed by atoms with van der Waals surface area (Å²) >= 11 is 2.01. The van der Waals surface area contributed by atoms with Gasteiger partial charge in [0.2, 0.25) is 0 Å². The van der Waals surface area contributed by atoms with Crippen molar-refractivity contribution in [2.24, 2.45) is 0 Å². The molecule has 1 aromatic rings. The lowest BCUT2D eigenvalue weighted by molar-refractivity contribution is 0.554. The highest BCUT2D eigenvalue weighted by Crippen LogP contribution is 1.99. The maximum absolute atomic E-state index is 4.24. The average molecular weight is 227 g/mol. The van der Waals surface area contributed by atoms with Gasteiger partial charge in [-0.2, -0.15) is 16.9 Å². The monoisotopic (exact) mass is 227 g/mol. The van der Waals surface area contributed by atoms with Gasteiger partial charge in [0.05, 0.1) is 12.7 Å². The highest BCUT2D eigenvalue weighted by molar-refractivity contribution is 7.99. The molecule has 0 aliphatic heterocycles. The highest BCUT2D eigenvalue weighted by atomic mass is 32.2. The Labute approximate surface area is 96.6 Å². The van der Waals surface area contributed by atoms with E-state index in [1.165, 1.54) is 23.5 Å². The van der Waals surface area contributed by atoms with Crippen LogP contribution in [0.4, 0.5) is 0 Å². The summed E-state index contributed by atoms with van der Waals surface area (Å²) in [5.74, 6) is 2.50. The van der Waals surface area contributed by atoms with Crippen LogP contribution in [0.25, 0.3) is 0 Å². The average Bonchev–Trinajstić information content (AvgIpc) is 2.63. The van der Waals surface area contributed by atoms with Gasteiger partial charge in [0.15, 0.2) is 0 Å². The number of aromatic nitrogens is 2. The van der Waals surface area contributed by atoms with Crippen molar-refractivity contribution in [2.75, 3.05) is 24.6 Å². The van der Waals surface area contributed by atoms with Crippen molar-refractivity contribution >= 4 is 11.8 Å². The van der Waals surface area contributed by atoms with Crippen LogP contribution in [0.5, 0.6) is 0 Å². The molecule has 0 spiro atoms. The molecule has 0 amide bonds. The molecule has 0 radical (unpaired) electrons. The number of thioether (sulfide) groups is 1. The molecule has 0 atom stereocenters. The third-order valence-electron chi connectivity index (χ3n) is 2.13. The zero-order valence-electron chi connectivity index (χ0n) is 9.70. The molecule has 0 fully saturated rings. The van der Waals surface area contributed by atoms with Crippen LogP contribution in [0.2, 0.25) is 0 Å². The van der Waals surface area contributed by atoms with Gasteiger partial charge in [0, 0.05) is 12.7 Å². The molecule has 1 heterocycles. The summed E-state index contributed by atoms with van der Waals surface area (Å²) in [7, 11) is 0. The van der Waals surface area contributed by atoms with E-state index in [4.69, 9.17) is 0 Å². The van der Waals surface area contributed by atoms with E-state index in [2.05, 4.69) is 30.5 Å². The van der Waals surface area contributed by atoms with Crippen LogP contribution in [0, 0.1) is 6.92 Å². The topological polar surface area (TPSA) is 29.9 Å². The molecule has 3 nitrogen and oxygen atoms in total. The second-order valence-corrected chi connectivity index (χ2v) is 4.98. The summed E-state index contributed by atoms with van der Waals surface area (Å²) in [5, 5.41) is 7.66. The third-order valence-corrected chi connectivity index (χ3v) is 3.11. The van der Waals surface area contributed by atoms with Crippen LogP contribution >= 0.6 is 11.8 Å². The quantitative estimate of drug-likeness (QED) is 0.688. The summed E-state index contributed by atoms with van der Waals surface area (Å²) in [4.78, 5) is 0. The van der Waals surface area contributed by atoms with Crippen molar-refractivity contribution in [1.82, 2.24) is 15.1 Å². The Morgan fingerprint density at radius 2 is 2.33 bits per heavy atom. The van der Waals surface area contributed by atoms with E-state index in [1.54, 1.807) is 0 Å². The molecule has 1 aromatic heterocycles. The van der Waals surface area contributed by atoms with Crippen LogP contribution < -0.4 is 5.32 Å². The minimum atomic E-state index is 0.967. The summed E-state index contributed by atoms with van der Waals surface area (Å²) in [6, 6.07) is 0. The minimum Gasteiger partial charge on any atom is -0.315 e. The fourth-order valence-corrected chi connectivity index (χ4v) is 1.99. The Morgan fingerprint density at radius 1 is 1.47 bits per heavy atom. The Hall–Kier alpha value is -0.480. The van der Waals surface area contributed by atoms with Gasteiger partial charge >= 0.3 is 0 Å². The van der Waals surface area contributed by atoms with Crippen molar-refractivity contribution < 1.29 is 0 Å². The molecule has 15 heavy (non-hydrogen) atoms. The van der Waals surface area contributed by atoms with E-state index >= 15 is 0 Å². The summed E-state index contributed by atoms with van der Waals surface area (Å²) in [5.41, 5.74) is 1.23. The zero-order valence-corrected chi connectivity index (χ0v) is 10.5. The van der Waals surface area contributed by atoms with Crippen LogP contribution in [-0.2, 0) is 6.54 Å². The molecule has 0 saturated heterocycles. The molecule has 0 unspecified atom stereocenters. The molecular weight excluding hydrogens is 206 g/mol. The normalized spacial score (nSPS) is 10.8. The van der Waals surface area contributed by atoms with Crippen LogP contribution in [0.3, 0.4) is 0 Å². The van der Waals surface area contributed by atoms with Gasteiger partial charge in [-0.1, -0.05) is 6.92 Å². The molecule has 0 bridgehead atoms. The first-order chi connectivity index (χ1) is 7.33. The van der Waals surface area contributed by atoms with Crippen molar-refractivity contribution in [3.63, 3.8) is 0 Å². The number of hydrogen-bond acceptors (Lipinski definition) is 3. The number of nitrogens with one attached hydrogen (secondary N) is 1. The van der Waals surface area contributed by atoms with E-state index in [9.17, 15) is 0 Å². The lowest BCUT2D eigenvalue weighted by Gasteiger charge is -2.04. The maximum Gasteiger partial charge on any atom is 0.0534 e. The van der Waals surface area contributed by atoms with Gasteiger partial charge in [0.25, 0.3) is 0 Å². The third kappa shape index (κ3) is 5.85. The first kappa shape index (κ1) is 12.6. The largest absolute Gasteiger partial charge is 0.315 e. The van der Waals surface area contributed by atoms with E-state index in [1.807, 2.05) is 22.6 Å². The lowest BCUT2D eigenvalue weighted by atomic mass is 10.4. The molecule has 1 rings (SSSR count). The van der Waals surface area contributed by atoms with Crippen molar-refractivity contribution in [1.29, 1.82) is 0 Å². The second kappa shape index (κ2) is 7.77. The SMILES string of the molecule is CCSCCCNCCn1cc(C)cn1. The molecule has 86 valence electrons. The first-order valence-electron chi connectivity index (χ1n) is 5.60. The molecule has 0 aromatic carbocycles. The van der Waals surface area contributed by atoms with Crippen LogP contribution in [0.15, 0.2) is 12.4 Å². The van der Waals surface area contributed by atoms with Crippen LogP contribution in [0.1, 0.15) is 18.9 Å². The summed E-state index contributed by atoms with van der Waals surface area (Å²) in [6.07, 6.45) is 5.24. The summed E-state index contributed by atoms with van der Waals surface area (Å²) < 4.78 is 1.99. The van der Waals surface area contributed by atoms with Gasteiger partial charge in [-0.05, 0) is 37.0 Å². The van der Waals surface area contributed by atoms with E-state index in [-0.39, 0.29) is 0 Å². The molecule has 1 N–H and O–H groups in total. The Kier molecular flexibility index (Phi) is 6.52. The second-order valence-electron chi connectivity index (χ2n) is 3.58. The fourth-order valence-electron chi connectivity index (χ4n) is 1.35. The van der Waals surface area contributed by atoms with Crippen LogP contribution in [-0.4, -0.2) is 34.4 Å². The lowest BCUT2D eigenvalue weighted by Crippen LogP contribution is -2.21. The van der Waals surface area contributed by atoms with Crippen molar-refractivity contribution in [3.05, 3.63) is 18.0 Å². The maximum atomic E-state index is 4.24. The van der Waals surface area contributed by atoms with Crippen molar-refractivity contribution in [3.8, 4) is 0 Å². The van der Waals surface area contributed by atoms with Gasteiger partial charge < -0.3 is 5.32 Å². The van der Waals surface area contributed by atoms with Gasteiger partial charge in [0.1, 0.15) is 0 Å². The van der Waals surface area contributed by atoms with Gasteiger partial charge in [-0.3, -0.25) is 4.68 Å². The van der Waals surface area contributed by atoms with Gasteiger partial charge in [-0.25, -0.2) is 0 Å². The number of hydrogen-bond donors (Lipinski definition) is 1. The van der Waals surface area contributed by atoms with E-state index in [0.717, 1.165) is 19.6 Å². The Bertz CT molecular complexity index is 260. The Balaban J connectivity index is 1.93. The molecular formula is C11H21N3S. The molecule has 0 aliphatic carbocycles. The standard InChI is InChI=1S/C11H21N3S/c1-3-15-8-4-5-12-6-7-14-10-11(2)9-13-14/h9-10,12H,3-8H2,1-2H3. The molecule has 0 aliphatic rings. The van der Waals surface area contributed by atoms with Gasteiger partial charge in [-0.15, -0.1) is 0 Å². The molecule has 0 saturated carbocycles. The minimum absolute atomic E-state index is 0.967. The first-order valence-corrected chi connectivity index (χ1v) is 6.76. The predicted octanol–water partition coefficient (Wildman–Crippen LogP) is 1.92. The fraction of sp³-hybridized carbons (Fsp3) is 0.727. The number of aryl methyl sites for hydroxylation is 1. The number of nitrogens with zero attached hydrogens (tertiary/aromatic N) is 2. The van der Waals surface area contributed by atoms with E-state index < -0.39 is 0 Å². The molecule has 4 heteroatoms. The van der Waals surface area contributed by atoms with Crippen molar-refractivity contribution in [2.45, 2.75) is 26.8 Å². The zero-order chi connectivity index (χ0) is 10.9. The smallest absolute Gasteiger partial charge is 0.0534 e.